The SMILES string of the molecule is CCOc1cccc2c1ccn2Cc1nnc(CC)o1. The summed E-state index contributed by atoms with van der Waals surface area (Å²) in [5.74, 6) is 2.20. The number of ether oxygens (including phenoxy) is 1. The Kier molecular flexibility index (Phi) is 3.41. The first-order valence-electron chi connectivity index (χ1n) is 6.83. The Bertz CT molecular complexity index is 715. The third kappa shape index (κ3) is 2.27. The fraction of sp³-hybridized carbons (Fsp3) is 0.333. The molecule has 0 radical (unpaired) electrons. The van der Waals surface area contributed by atoms with Crippen molar-refractivity contribution in [3.8, 4) is 5.75 Å². The van der Waals surface area contributed by atoms with Crippen molar-refractivity contribution in [2.45, 2.75) is 26.8 Å². The molecule has 104 valence electrons. The van der Waals surface area contributed by atoms with Gasteiger partial charge < -0.3 is 13.7 Å². The molecule has 2 heterocycles. The zero-order chi connectivity index (χ0) is 13.9. The van der Waals surface area contributed by atoms with Gasteiger partial charge in [-0.3, -0.25) is 0 Å². The van der Waals surface area contributed by atoms with Crippen LogP contribution in [-0.4, -0.2) is 21.4 Å². The molecule has 0 saturated carbocycles. The van der Waals surface area contributed by atoms with Gasteiger partial charge in [0.15, 0.2) is 0 Å². The van der Waals surface area contributed by atoms with Crippen molar-refractivity contribution >= 4 is 10.9 Å². The molecule has 0 spiro atoms. The number of benzene rings is 1. The third-order valence-corrected chi connectivity index (χ3v) is 3.19. The maximum Gasteiger partial charge on any atom is 0.236 e. The smallest absolute Gasteiger partial charge is 0.236 e. The predicted molar refractivity (Wildman–Crippen MR) is 75.9 cm³/mol. The van der Waals surface area contributed by atoms with Crippen molar-refractivity contribution in [2.24, 2.45) is 0 Å². The quantitative estimate of drug-likeness (QED) is 0.715. The van der Waals surface area contributed by atoms with Crippen molar-refractivity contribution < 1.29 is 9.15 Å². The molecular weight excluding hydrogens is 254 g/mol. The van der Waals surface area contributed by atoms with Gasteiger partial charge in [0.05, 0.1) is 12.1 Å². The van der Waals surface area contributed by atoms with Gasteiger partial charge in [0, 0.05) is 18.0 Å². The van der Waals surface area contributed by atoms with Crippen LogP contribution in [0.25, 0.3) is 10.9 Å². The number of fused-ring (bicyclic) bond motifs is 1. The summed E-state index contributed by atoms with van der Waals surface area (Å²) in [6.07, 6.45) is 2.77. The molecule has 2 aromatic heterocycles. The first kappa shape index (κ1) is 12.7. The van der Waals surface area contributed by atoms with Crippen LogP contribution in [0.2, 0.25) is 0 Å². The van der Waals surface area contributed by atoms with Crippen molar-refractivity contribution in [3.05, 3.63) is 42.2 Å². The Hall–Kier alpha value is -2.30. The third-order valence-electron chi connectivity index (χ3n) is 3.19. The van der Waals surface area contributed by atoms with Crippen LogP contribution in [0.4, 0.5) is 0 Å². The zero-order valence-corrected chi connectivity index (χ0v) is 11.7. The Labute approximate surface area is 117 Å². The first-order chi connectivity index (χ1) is 9.81. The van der Waals surface area contributed by atoms with E-state index in [9.17, 15) is 0 Å². The van der Waals surface area contributed by atoms with Crippen LogP contribution in [0, 0.1) is 0 Å². The maximum atomic E-state index is 5.64. The average Bonchev–Trinajstić information content (AvgIpc) is 3.08. The van der Waals surface area contributed by atoms with Crippen LogP contribution in [-0.2, 0) is 13.0 Å². The number of rotatable bonds is 5. The lowest BCUT2D eigenvalue weighted by molar-refractivity contribution is 0.344. The molecule has 0 N–H and O–H groups in total. The Balaban J connectivity index is 1.94. The highest BCUT2D eigenvalue weighted by molar-refractivity contribution is 5.86. The van der Waals surface area contributed by atoms with E-state index in [-0.39, 0.29) is 0 Å². The topological polar surface area (TPSA) is 53.1 Å². The van der Waals surface area contributed by atoms with Crippen molar-refractivity contribution in [3.63, 3.8) is 0 Å². The summed E-state index contributed by atoms with van der Waals surface area (Å²) in [7, 11) is 0. The molecule has 0 aliphatic heterocycles. The van der Waals surface area contributed by atoms with Gasteiger partial charge in [-0.1, -0.05) is 13.0 Å². The maximum absolute atomic E-state index is 5.64. The summed E-state index contributed by atoms with van der Waals surface area (Å²) in [4.78, 5) is 0. The molecular formula is C15H17N3O2. The van der Waals surface area contributed by atoms with Crippen molar-refractivity contribution in [2.75, 3.05) is 6.61 Å². The van der Waals surface area contributed by atoms with E-state index in [4.69, 9.17) is 9.15 Å². The molecule has 5 nitrogen and oxygen atoms in total. The summed E-state index contributed by atoms with van der Waals surface area (Å²) in [5.41, 5.74) is 1.10. The van der Waals surface area contributed by atoms with E-state index in [1.54, 1.807) is 0 Å². The molecule has 0 fully saturated rings. The second-order valence-corrected chi connectivity index (χ2v) is 4.51. The minimum Gasteiger partial charge on any atom is -0.493 e. The van der Waals surface area contributed by atoms with Crippen LogP contribution in [0.15, 0.2) is 34.9 Å². The summed E-state index contributed by atoms with van der Waals surface area (Å²) in [6.45, 7) is 5.22. The van der Waals surface area contributed by atoms with Gasteiger partial charge >= 0.3 is 0 Å². The lowest BCUT2D eigenvalue weighted by Gasteiger charge is -2.06. The van der Waals surface area contributed by atoms with Crippen LogP contribution >= 0.6 is 0 Å². The minimum absolute atomic E-state index is 0.575. The van der Waals surface area contributed by atoms with Gasteiger partial charge in [0.25, 0.3) is 0 Å². The zero-order valence-electron chi connectivity index (χ0n) is 11.7. The van der Waals surface area contributed by atoms with Crippen LogP contribution in [0.3, 0.4) is 0 Å². The van der Waals surface area contributed by atoms with Gasteiger partial charge in [-0.05, 0) is 25.1 Å². The number of nitrogens with zero attached hydrogens (tertiary/aromatic N) is 3. The second kappa shape index (κ2) is 5.36. The minimum atomic E-state index is 0.575. The van der Waals surface area contributed by atoms with Gasteiger partial charge in [-0.2, -0.15) is 0 Å². The molecule has 3 aromatic rings. The van der Waals surface area contributed by atoms with E-state index in [1.165, 1.54) is 0 Å². The van der Waals surface area contributed by atoms with Gasteiger partial charge in [0.2, 0.25) is 11.8 Å². The van der Waals surface area contributed by atoms with Gasteiger partial charge in [-0.25, -0.2) is 0 Å². The standard InChI is InChI=1S/C15H17N3O2/c1-3-14-16-17-15(20-14)10-18-9-8-11-12(18)6-5-7-13(11)19-4-2/h5-9H,3-4,10H2,1-2H3. The van der Waals surface area contributed by atoms with Crippen LogP contribution in [0.1, 0.15) is 25.6 Å². The fourth-order valence-corrected chi connectivity index (χ4v) is 2.26. The number of hydrogen-bond acceptors (Lipinski definition) is 4. The molecule has 0 aliphatic carbocycles. The summed E-state index contributed by atoms with van der Waals surface area (Å²) in [5, 5.41) is 9.15. The fourth-order valence-electron chi connectivity index (χ4n) is 2.26. The van der Waals surface area contributed by atoms with E-state index < -0.39 is 0 Å². The molecule has 0 unspecified atom stereocenters. The summed E-state index contributed by atoms with van der Waals surface area (Å²) < 4.78 is 13.3. The summed E-state index contributed by atoms with van der Waals surface area (Å²) >= 11 is 0. The molecule has 3 rings (SSSR count). The van der Waals surface area contributed by atoms with Crippen molar-refractivity contribution in [1.82, 2.24) is 14.8 Å². The van der Waals surface area contributed by atoms with Crippen LogP contribution in [0.5, 0.6) is 5.75 Å². The molecule has 0 atom stereocenters. The highest BCUT2D eigenvalue weighted by atomic mass is 16.5. The second-order valence-electron chi connectivity index (χ2n) is 4.51. The normalized spacial score (nSPS) is 11.1. The number of hydrogen-bond donors (Lipinski definition) is 0. The lowest BCUT2D eigenvalue weighted by Crippen LogP contribution is -1.98. The lowest BCUT2D eigenvalue weighted by atomic mass is 10.2. The van der Waals surface area contributed by atoms with E-state index in [0.717, 1.165) is 23.1 Å². The Morgan fingerprint density at radius 1 is 1.15 bits per heavy atom. The molecule has 0 aliphatic rings. The molecule has 0 bridgehead atoms. The van der Waals surface area contributed by atoms with E-state index in [0.29, 0.717) is 24.9 Å². The highest BCUT2D eigenvalue weighted by Crippen LogP contribution is 2.27. The number of aromatic nitrogens is 3. The Morgan fingerprint density at radius 2 is 2.00 bits per heavy atom. The molecule has 0 saturated heterocycles. The first-order valence-corrected chi connectivity index (χ1v) is 6.83. The Morgan fingerprint density at radius 3 is 2.75 bits per heavy atom. The van der Waals surface area contributed by atoms with Crippen molar-refractivity contribution in [1.29, 1.82) is 0 Å². The predicted octanol–water partition coefficient (Wildman–Crippen LogP) is 3.03. The summed E-state index contributed by atoms with van der Waals surface area (Å²) in [6, 6.07) is 8.10. The van der Waals surface area contributed by atoms with Crippen LogP contribution < -0.4 is 4.74 Å². The monoisotopic (exact) mass is 271 g/mol. The van der Waals surface area contributed by atoms with Gasteiger partial charge in [0.1, 0.15) is 12.3 Å². The van der Waals surface area contributed by atoms with E-state index >= 15 is 0 Å². The average molecular weight is 271 g/mol. The van der Waals surface area contributed by atoms with E-state index in [2.05, 4.69) is 26.9 Å². The van der Waals surface area contributed by atoms with Gasteiger partial charge in [-0.15, -0.1) is 10.2 Å². The molecule has 5 heteroatoms. The van der Waals surface area contributed by atoms with E-state index in [1.807, 2.05) is 32.2 Å². The largest absolute Gasteiger partial charge is 0.493 e. The molecule has 0 amide bonds. The molecule has 20 heavy (non-hydrogen) atoms. The number of aryl methyl sites for hydroxylation is 1. The highest BCUT2D eigenvalue weighted by Gasteiger charge is 2.09. The molecule has 1 aromatic carbocycles.